The van der Waals surface area contributed by atoms with Gasteiger partial charge in [-0.25, -0.2) is 4.39 Å². The highest BCUT2D eigenvalue weighted by molar-refractivity contribution is 9.10. The van der Waals surface area contributed by atoms with Crippen LogP contribution < -0.4 is 10.1 Å². The van der Waals surface area contributed by atoms with Crippen molar-refractivity contribution < 1.29 is 9.13 Å². The van der Waals surface area contributed by atoms with Gasteiger partial charge in [0.1, 0.15) is 18.2 Å². The Morgan fingerprint density at radius 3 is 2.93 bits per heavy atom. The molecule has 2 nitrogen and oxygen atoms in total. The van der Waals surface area contributed by atoms with E-state index in [4.69, 9.17) is 16.3 Å². The summed E-state index contributed by atoms with van der Waals surface area (Å²) in [6.45, 7) is 4.12. The highest BCUT2D eigenvalue weighted by Crippen LogP contribution is 2.30. The molecular formula is C10H12BrClFNO. The molecule has 0 amide bonds. The number of halogens is 3. The van der Waals surface area contributed by atoms with Crippen LogP contribution in [0.4, 0.5) is 4.39 Å². The van der Waals surface area contributed by atoms with Gasteiger partial charge in [-0.2, -0.15) is 0 Å². The Morgan fingerprint density at radius 1 is 1.53 bits per heavy atom. The van der Waals surface area contributed by atoms with Crippen LogP contribution in [0.2, 0.25) is 5.02 Å². The minimum absolute atomic E-state index is 0.0842. The van der Waals surface area contributed by atoms with Gasteiger partial charge in [-0.15, -0.1) is 0 Å². The van der Waals surface area contributed by atoms with Gasteiger partial charge in [0, 0.05) is 12.6 Å². The molecule has 0 saturated heterocycles. The topological polar surface area (TPSA) is 21.3 Å². The van der Waals surface area contributed by atoms with E-state index in [1.165, 1.54) is 12.1 Å². The molecule has 0 aliphatic carbocycles. The standard InChI is InChI=1S/C10H12BrClFNO/c1-2-14-3-4-15-10-6-9(13)8(12)5-7(10)11/h5-6,14H,2-4H2,1H3. The molecule has 0 fully saturated rings. The van der Waals surface area contributed by atoms with Crippen molar-refractivity contribution in [3.8, 4) is 5.75 Å². The first-order valence-corrected chi connectivity index (χ1v) is 5.80. The summed E-state index contributed by atoms with van der Waals surface area (Å²) in [6, 6.07) is 2.76. The number of benzene rings is 1. The van der Waals surface area contributed by atoms with Crippen LogP contribution in [0.3, 0.4) is 0 Å². The molecule has 15 heavy (non-hydrogen) atoms. The van der Waals surface area contributed by atoms with Crippen molar-refractivity contribution in [2.75, 3.05) is 19.7 Å². The first-order chi connectivity index (χ1) is 7.15. The number of rotatable bonds is 5. The molecule has 0 aliphatic heterocycles. The fourth-order valence-corrected chi connectivity index (χ4v) is 1.78. The minimum Gasteiger partial charge on any atom is -0.491 e. The highest BCUT2D eigenvalue weighted by atomic mass is 79.9. The molecule has 0 bridgehead atoms. The number of hydrogen-bond donors (Lipinski definition) is 1. The summed E-state index contributed by atoms with van der Waals surface area (Å²) in [7, 11) is 0. The lowest BCUT2D eigenvalue weighted by Crippen LogP contribution is -2.20. The van der Waals surface area contributed by atoms with Gasteiger partial charge in [0.25, 0.3) is 0 Å². The fourth-order valence-electron chi connectivity index (χ4n) is 1.02. The lowest BCUT2D eigenvalue weighted by Gasteiger charge is -2.09. The zero-order valence-electron chi connectivity index (χ0n) is 8.32. The van der Waals surface area contributed by atoms with Gasteiger partial charge >= 0.3 is 0 Å². The van der Waals surface area contributed by atoms with E-state index in [0.29, 0.717) is 16.8 Å². The monoisotopic (exact) mass is 295 g/mol. The van der Waals surface area contributed by atoms with Crippen molar-refractivity contribution in [1.29, 1.82) is 0 Å². The average molecular weight is 297 g/mol. The predicted molar refractivity (Wildman–Crippen MR) is 63.1 cm³/mol. The molecule has 84 valence electrons. The van der Waals surface area contributed by atoms with Gasteiger partial charge in [0.15, 0.2) is 0 Å². The molecule has 1 aromatic carbocycles. The molecule has 1 rings (SSSR count). The van der Waals surface area contributed by atoms with Gasteiger partial charge in [0.05, 0.1) is 9.50 Å². The fraction of sp³-hybridized carbons (Fsp3) is 0.400. The molecular weight excluding hydrogens is 284 g/mol. The molecule has 0 saturated carbocycles. The number of hydrogen-bond acceptors (Lipinski definition) is 2. The smallest absolute Gasteiger partial charge is 0.145 e. The molecule has 1 N–H and O–H groups in total. The highest BCUT2D eigenvalue weighted by Gasteiger charge is 2.07. The molecule has 5 heteroatoms. The summed E-state index contributed by atoms with van der Waals surface area (Å²) in [5.41, 5.74) is 0. The maximum atomic E-state index is 13.1. The van der Waals surface area contributed by atoms with Crippen molar-refractivity contribution in [2.24, 2.45) is 0 Å². The first kappa shape index (κ1) is 12.7. The van der Waals surface area contributed by atoms with Crippen LogP contribution in [0.1, 0.15) is 6.92 Å². The number of ether oxygens (including phenoxy) is 1. The van der Waals surface area contributed by atoms with Gasteiger partial charge in [-0.3, -0.25) is 0 Å². The lowest BCUT2D eigenvalue weighted by atomic mass is 10.3. The van der Waals surface area contributed by atoms with E-state index in [9.17, 15) is 4.39 Å². The quantitative estimate of drug-likeness (QED) is 0.665. The summed E-state index contributed by atoms with van der Waals surface area (Å²) >= 11 is 8.85. The zero-order valence-corrected chi connectivity index (χ0v) is 10.7. The third kappa shape index (κ3) is 3.97. The Kier molecular flexibility index (Phi) is 5.36. The Hall–Kier alpha value is -0.320. The predicted octanol–water partition coefficient (Wildman–Crippen LogP) is 3.23. The Morgan fingerprint density at radius 2 is 2.27 bits per heavy atom. The molecule has 0 unspecified atom stereocenters. The van der Waals surface area contributed by atoms with Crippen LogP contribution in [0.5, 0.6) is 5.75 Å². The van der Waals surface area contributed by atoms with E-state index >= 15 is 0 Å². The van der Waals surface area contributed by atoms with E-state index in [0.717, 1.165) is 13.1 Å². The van der Waals surface area contributed by atoms with Gasteiger partial charge in [-0.1, -0.05) is 18.5 Å². The normalized spacial score (nSPS) is 10.4. The van der Waals surface area contributed by atoms with Crippen molar-refractivity contribution in [3.05, 3.63) is 27.4 Å². The van der Waals surface area contributed by atoms with Crippen LogP contribution in [0.15, 0.2) is 16.6 Å². The van der Waals surface area contributed by atoms with Gasteiger partial charge in [0.2, 0.25) is 0 Å². The second-order valence-corrected chi connectivity index (χ2v) is 4.16. The maximum absolute atomic E-state index is 13.1. The lowest BCUT2D eigenvalue weighted by molar-refractivity contribution is 0.312. The number of likely N-dealkylation sites (N-methyl/N-ethyl adjacent to an activating group) is 1. The summed E-state index contributed by atoms with van der Waals surface area (Å²) in [6.07, 6.45) is 0. The molecule has 0 spiro atoms. The van der Waals surface area contributed by atoms with Crippen LogP contribution >= 0.6 is 27.5 Å². The first-order valence-electron chi connectivity index (χ1n) is 4.63. The average Bonchev–Trinajstić information content (AvgIpc) is 2.20. The van der Waals surface area contributed by atoms with E-state index < -0.39 is 5.82 Å². The Bertz CT molecular complexity index is 335. The summed E-state index contributed by atoms with van der Waals surface area (Å²) < 4.78 is 19.1. The summed E-state index contributed by atoms with van der Waals surface area (Å²) in [4.78, 5) is 0. The Balaban J connectivity index is 2.57. The molecule has 0 aliphatic rings. The van der Waals surface area contributed by atoms with E-state index in [1.807, 2.05) is 6.92 Å². The van der Waals surface area contributed by atoms with Crippen molar-refractivity contribution in [1.82, 2.24) is 5.32 Å². The van der Waals surface area contributed by atoms with Gasteiger partial charge in [-0.05, 0) is 28.5 Å². The van der Waals surface area contributed by atoms with Crippen molar-refractivity contribution >= 4 is 27.5 Å². The largest absolute Gasteiger partial charge is 0.491 e. The molecule has 0 radical (unpaired) electrons. The van der Waals surface area contributed by atoms with E-state index in [1.54, 1.807) is 0 Å². The third-order valence-electron chi connectivity index (χ3n) is 1.76. The van der Waals surface area contributed by atoms with Crippen molar-refractivity contribution in [3.63, 3.8) is 0 Å². The van der Waals surface area contributed by atoms with Crippen LogP contribution in [-0.2, 0) is 0 Å². The summed E-state index contributed by atoms with van der Waals surface area (Å²) in [5.74, 6) is -0.00637. The Labute approximate surface area is 102 Å². The van der Waals surface area contributed by atoms with Crippen LogP contribution in [0.25, 0.3) is 0 Å². The molecule has 1 aromatic rings. The maximum Gasteiger partial charge on any atom is 0.145 e. The molecule has 0 atom stereocenters. The van der Waals surface area contributed by atoms with Crippen molar-refractivity contribution in [2.45, 2.75) is 6.92 Å². The number of nitrogens with one attached hydrogen (secondary N) is 1. The third-order valence-corrected chi connectivity index (χ3v) is 2.67. The second kappa shape index (κ2) is 6.30. The SMILES string of the molecule is CCNCCOc1cc(F)c(Cl)cc1Br. The van der Waals surface area contributed by atoms with E-state index in [2.05, 4.69) is 21.2 Å². The minimum atomic E-state index is -0.474. The molecule has 0 aromatic heterocycles. The summed E-state index contributed by atoms with van der Waals surface area (Å²) in [5, 5.41) is 3.19. The van der Waals surface area contributed by atoms with Gasteiger partial charge < -0.3 is 10.1 Å². The molecule has 0 heterocycles. The zero-order chi connectivity index (χ0) is 11.3. The van der Waals surface area contributed by atoms with Crippen LogP contribution in [-0.4, -0.2) is 19.7 Å². The van der Waals surface area contributed by atoms with E-state index in [-0.39, 0.29) is 5.02 Å². The second-order valence-electron chi connectivity index (χ2n) is 2.90. The van der Waals surface area contributed by atoms with Crippen LogP contribution in [0, 0.1) is 5.82 Å².